The molecular formula is C18H26N4O3. The van der Waals surface area contributed by atoms with Crippen molar-refractivity contribution in [3.05, 3.63) is 34.4 Å². The molecule has 0 N–H and O–H groups in total. The Morgan fingerprint density at radius 2 is 1.88 bits per heavy atom. The van der Waals surface area contributed by atoms with Crippen LogP contribution >= 0.6 is 0 Å². The average molecular weight is 346 g/mol. The Morgan fingerprint density at radius 1 is 1.16 bits per heavy atom. The molecule has 1 aromatic rings. The molecule has 1 aromatic carbocycles. The Labute approximate surface area is 148 Å². The van der Waals surface area contributed by atoms with Crippen molar-refractivity contribution in [2.45, 2.75) is 32.2 Å². The van der Waals surface area contributed by atoms with E-state index in [0.717, 1.165) is 6.54 Å². The fourth-order valence-electron chi connectivity index (χ4n) is 3.75. The Morgan fingerprint density at radius 3 is 2.56 bits per heavy atom. The van der Waals surface area contributed by atoms with Gasteiger partial charge in [0.2, 0.25) is 5.91 Å². The minimum atomic E-state index is -0.343. The first-order chi connectivity index (χ1) is 12.1. The van der Waals surface area contributed by atoms with Crippen LogP contribution in [-0.4, -0.2) is 65.9 Å². The van der Waals surface area contributed by atoms with Gasteiger partial charge in [-0.1, -0.05) is 18.6 Å². The molecule has 136 valence electrons. The Bertz CT molecular complexity index is 629. The van der Waals surface area contributed by atoms with E-state index in [1.807, 2.05) is 15.9 Å². The van der Waals surface area contributed by atoms with Crippen molar-refractivity contribution >= 4 is 17.3 Å². The molecular weight excluding hydrogens is 320 g/mol. The summed E-state index contributed by atoms with van der Waals surface area (Å²) >= 11 is 0. The first kappa shape index (κ1) is 17.7. The van der Waals surface area contributed by atoms with Crippen LogP contribution in [0, 0.1) is 10.1 Å². The minimum Gasteiger partial charge on any atom is -0.362 e. The van der Waals surface area contributed by atoms with Gasteiger partial charge in [0.05, 0.1) is 11.5 Å². The number of amides is 1. The molecule has 2 saturated heterocycles. The summed E-state index contributed by atoms with van der Waals surface area (Å²) in [6, 6.07) is 7.29. The van der Waals surface area contributed by atoms with Crippen molar-refractivity contribution in [2.75, 3.05) is 44.2 Å². The van der Waals surface area contributed by atoms with Crippen molar-refractivity contribution in [1.29, 1.82) is 0 Å². The second kappa shape index (κ2) is 7.82. The van der Waals surface area contributed by atoms with Crippen LogP contribution in [0.25, 0.3) is 0 Å². The summed E-state index contributed by atoms with van der Waals surface area (Å²) in [5, 5.41) is 11.2. The van der Waals surface area contributed by atoms with Crippen molar-refractivity contribution in [3.63, 3.8) is 0 Å². The predicted molar refractivity (Wildman–Crippen MR) is 96.8 cm³/mol. The van der Waals surface area contributed by atoms with E-state index in [-0.39, 0.29) is 16.5 Å². The van der Waals surface area contributed by atoms with Crippen molar-refractivity contribution in [3.8, 4) is 0 Å². The van der Waals surface area contributed by atoms with Crippen LogP contribution < -0.4 is 4.90 Å². The summed E-state index contributed by atoms with van der Waals surface area (Å²) in [5.41, 5.74) is 0.772. The maximum Gasteiger partial charge on any atom is 0.292 e. The molecule has 2 aliphatic heterocycles. The number of para-hydroxylation sites is 2. The van der Waals surface area contributed by atoms with Gasteiger partial charge in [-0.2, -0.15) is 0 Å². The second-order valence-electron chi connectivity index (χ2n) is 6.93. The number of piperazine rings is 1. The fourth-order valence-corrected chi connectivity index (χ4v) is 3.75. The summed E-state index contributed by atoms with van der Waals surface area (Å²) < 4.78 is 0. The van der Waals surface area contributed by atoms with Gasteiger partial charge in [-0.25, -0.2) is 0 Å². The molecule has 25 heavy (non-hydrogen) atoms. The number of carbonyl (C=O) groups is 1. The summed E-state index contributed by atoms with van der Waals surface area (Å²) in [4.78, 5) is 29.6. The van der Waals surface area contributed by atoms with Gasteiger partial charge in [0.1, 0.15) is 5.69 Å². The number of hydrogen-bond donors (Lipinski definition) is 0. The van der Waals surface area contributed by atoms with E-state index in [0.29, 0.717) is 44.5 Å². The molecule has 2 aliphatic rings. The highest BCUT2D eigenvalue weighted by atomic mass is 16.6. The van der Waals surface area contributed by atoms with Gasteiger partial charge in [0.15, 0.2) is 0 Å². The van der Waals surface area contributed by atoms with E-state index >= 15 is 0 Å². The summed E-state index contributed by atoms with van der Waals surface area (Å²) in [7, 11) is 0. The highest BCUT2D eigenvalue weighted by molar-refractivity contribution is 5.78. The summed E-state index contributed by atoms with van der Waals surface area (Å²) in [5.74, 6) is 0.177. The maximum absolute atomic E-state index is 12.6. The molecule has 0 bridgehead atoms. The molecule has 0 spiro atoms. The van der Waals surface area contributed by atoms with Crippen LogP contribution in [0.5, 0.6) is 0 Å². The zero-order chi connectivity index (χ0) is 17.8. The van der Waals surface area contributed by atoms with Gasteiger partial charge in [-0.05, 0) is 32.4 Å². The summed E-state index contributed by atoms with van der Waals surface area (Å²) in [6.07, 6.45) is 3.59. The molecule has 0 aromatic heterocycles. The number of benzene rings is 1. The Kier molecular flexibility index (Phi) is 5.53. The van der Waals surface area contributed by atoms with E-state index in [9.17, 15) is 14.9 Å². The van der Waals surface area contributed by atoms with Gasteiger partial charge in [-0.3, -0.25) is 19.8 Å². The molecule has 0 saturated carbocycles. The largest absolute Gasteiger partial charge is 0.362 e. The van der Waals surface area contributed by atoms with Crippen LogP contribution in [0.3, 0.4) is 0 Å². The number of rotatable bonds is 4. The maximum atomic E-state index is 12.6. The zero-order valence-electron chi connectivity index (χ0n) is 14.8. The lowest BCUT2D eigenvalue weighted by Gasteiger charge is -2.38. The monoisotopic (exact) mass is 346 g/mol. The van der Waals surface area contributed by atoms with Crippen molar-refractivity contribution < 1.29 is 9.72 Å². The van der Waals surface area contributed by atoms with Gasteiger partial charge in [0.25, 0.3) is 5.69 Å². The number of nitrogens with zero attached hydrogens (tertiary/aromatic N) is 4. The third kappa shape index (κ3) is 4.10. The lowest BCUT2D eigenvalue weighted by molar-refractivity contribution is -0.384. The van der Waals surface area contributed by atoms with Crippen LogP contribution in [-0.2, 0) is 4.79 Å². The molecule has 1 amide bonds. The van der Waals surface area contributed by atoms with Crippen molar-refractivity contribution in [2.24, 2.45) is 0 Å². The fraction of sp³-hybridized carbons (Fsp3) is 0.611. The lowest BCUT2D eigenvalue weighted by atomic mass is 10.0. The van der Waals surface area contributed by atoms with Gasteiger partial charge >= 0.3 is 0 Å². The molecule has 1 atom stereocenters. The molecule has 2 heterocycles. The number of anilines is 1. The van der Waals surface area contributed by atoms with E-state index < -0.39 is 0 Å². The number of hydrogen-bond acceptors (Lipinski definition) is 5. The normalized spacial score (nSPS) is 22.0. The smallest absolute Gasteiger partial charge is 0.292 e. The van der Waals surface area contributed by atoms with Crippen molar-refractivity contribution in [1.82, 2.24) is 9.80 Å². The third-order valence-corrected chi connectivity index (χ3v) is 5.33. The number of nitro groups is 1. The zero-order valence-corrected chi connectivity index (χ0v) is 14.8. The SMILES string of the molecule is C[C@H]1CCCCN1CC(=O)N1CCN(c2ccccc2[N+](=O)[O-])CC1. The third-order valence-electron chi connectivity index (χ3n) is 5.33. The quantitative estimate of drug-likeness (QED) is 0.617. The standard InChI is InChI=1S/C18H26N4O3/c1-15-6-4-5-9-21(15)14-18(23)20-12-10-19(11-13-20)16-7-2-3-8-17(16)22(24)25/h2-3,7-8,15H,4-6,9-14H2,1H3/t15-/m0/s1. The lowest BCUT2D eigenvalue weighted by Crippen LogP contribution is -2.52. The predicted octanol–water partition coefficient (Wildman–Crippen LogP) is 2.12. The first-order valence-corrected chi connectivity index (χ1v) is 9.06. The molecule has 7 nitrogen and oxygen atoms in total. The number of likely N-dealkylation sites (tertiary alicyclic amines) is 1. The van der Waals surface area contributed by atoms with Gasteiger partial charge < -0.3 is 9.80 Å². The minimum absolute atomic E-state index is 0.129. The van der Waals surface area contributed by atoms with E-state index in [2.05, 4.69) is 11.8 Å². The Balaban J connectivity index is 1.57. The van der Waals surface area contributed by atoms with E-state index in [1.165, 1.54) is 25.3 Å². The molecule has 2 fully saturated rings. The second-order valence-corrected chi connectivity index (χ2v) is 6.93. The first-order valence-electron chi connectivity index (χ1n) is 9.06. The topological polar surface area (TPSA) is 69.9 Å². The molecule has 0 unspecified atom stereocenters. The van der Waals surface area contributed by atoms with E-state index in [1.54, 1.807) is 12.1 Å². The molecule has 0 aliphatic carbocycles. The summed E-state index contributed by atoms with van der Waals surface area (Å²) in [6.45, 7) is 6.19. The number of carbonyl (C=O) groups excluding carboxylic acids is 1. The molecule has 7 heteroatoms. The Hall–Kier alpha value is -2.15. The van der Waals surface area contributed by atoms with E-state index in [4.69, 9.17) is 0 Å². The molecule has 0 radical (unpaired) electrons. The van der Waals surface area contributed by atoms with Gasteiger partial charge in [-0.15, -0.1) is 0 Å². The van der Waals surface area contributed by atoms with Crippen LogP contribution in [0.2, 0.25) is 0 Å². The highest BCUT2D eigenvalue weighted by Gasteiger charge is 2.27. The van der Waals surface area contributed by atoms with Crippen LogP contribution in [0.15, 0.2) is 24.3 Å². The molecule has 3 rings (SSSR count). The van der Waals surface area contributed by atoms with Gasteiger partial charge in [0, 0.05) is 38.3 Å². The number of piperidine rings is 1. The van der Waals surface area contributed by atoms with Crippen LogP contribution in [0.1, 0.15) is 26.2 Å². The average Bonchev–Trinajstić information content (AvgIpc) is 2.63. The number of nitro benzene ring substituents is 1. The highest BCUT2D eigenvalue weighted by Crippen LogP contribution is 2.28. The van der Waals surface area contributed by atoms with Crippen LogP contribution in [0.4, 0.5) is 11.4 Å².